The average Bonchev–Trinajstić information content (AvgIpc) is 3.69. The quantitative estimate of drug-likeness (QED) is 0.226. The fourth-order valence-corrected chi connectivity index (χ4v) is 5.73. The summed E-state index contributed by atoms with van der Waals surface area (Å²) in [6, 6.07) is 51.4. The summed E-state index contributed by atoms with van der Waals surface area (Å²) in [5, 5.41) is 14.6. The highest BCUT2D eigenvalue weighted by Crippen LogP contribution is 2.38. The van der Waals surface area contributed by atoms with Crippen LogP contribution in [0.2, 0.25) is 0 Å². The van der Waals surface area contributed by atoms with Crippen molar-refractivity contribution in [2.75, 3.05) is 10.0 Å². The second-order valence-corrected chi connectivity index (χ2v) is 10.3. The van der Waals surface area contributed by atoms with E-state index in [9.17, 15) is 0 Å². The Morgan fingerprint density at radius 3 is 1.07 bits per heavy atom. The van der Waals surface area contributed by atoms with Gasteiger partial charge in [-0.1, -0.05) is 121 Å². The summed E-state index contributed by atoms with van der Waals surface area (Å²) >= 11 is 0. The molecule has 2 atom stereocenters. The summed E-state index contributed by atoms with van der Waals surface area (Å²) < 4.78 is 0. The molecule has 0 saturated carbocycles. The third kappa shape index (κ3) is 4.69. The molecule has 5 aromatic carbocycles. The van der Waals surface area contributed by atoms with Crippen LogP contribution in [0, 0.1) is 0 Å². The summed E-state index contributed by atoms with van der Waals surface area (Å²) in [5.74, 6) is 0. The largest absolute Gasteiger partial charge is 0.257 e. The van der Waals surface area contributed by atoms with E-state index >= 15 is 0 Å². The van der Waals surface area contributed by atoms with Gasteiger partial charge >= 0.3 is 0 Å². The maximum absolute atomic E-state index is 5.13. The van der Waals surface area contributed by atoms with Crippen molar-refractivity contribution in [3.63, 3.8) is 0 Å². The summed E-state index contributed by atoms with van der Waals surface area (Å²) in [4.78, 5) is 0. The standard InChI is InChI=1S/C36H30N4/c1-5-13-29(14-6-1)35-25-33(37-39(35)31-17-9-3-10-18-31)27-21-23-28(24-22-27)34-26-36(30-15-7-2-8-16-30)40(38-34)32-19-11-4-12-20-32/h1-24,35-36H,25-26H2/t35-,36-/m1/s1. The summed E-state index contributed by atoms with van der Waals surface area (Å²) in [5.41, 5.74) is 9.27. The molecule has 0 aliphatic carbocycles. The molecule has 4 nitrogen and oxygen atoms in total. The number of anilines is 2. The molecule has 0 unspecified atom stereocenters. The van der Waals surface area contributed by atoms with Crippen LogP contribution in [-0.2, 0) is 0 Å². The molecular formula is C36H30N4. The van der Waals surface area contributed by atoms with Gasteiger partial charge in [0.05, 0.1) is 34.9 Å². The van der Waals surface area contributed by atoms with Gasteiger partial charge in [-0.25, -0.2) is 0 Å². The second kappa shape index (κ2) is 10.7. The number of hydrazone groups is 2. The van der Waals surface area contributed by atoms with Crippen LogP contribution in [0.1, 0.15) is 47.2 Å². The van der Waals surface area contributed by atoms with E-state index in [0.717, 1.165) is 46.8 Å². The Morgan fingerprint density at radius 2 is 0.725 bits per heavy atom. The monoisotopic (exact) mass is 518 g/mol. The maximum atomic E-state index is 5.13. The van der Waals surface area contributed by atoms with Crippen LogP contribution in [-0.4, -0.2) is 11.4 Å². The summed E-state index contributed by atoms with van der Waals surface area (Å²) in [7, 11) is 0. The van der Waals surface area contributed by atoms with Gasteiger partial charge in [0.25, 0.3) is 0 Å². The molecule has 0 radical (unpaired) electrons. The Bertz CT molecular complexity index is 1500. The number of hydrogen-bond acceptors (Lipinski definition) is 4. The van der Waals surface area contributed by atoms with E-state index in [1.807, 2.05) is 12.1 Å². The Morgan fingerprint density at radius 1 is 0.400 bits per heavy atom. The molecule has 4 heteroatoms. The van der Waals surface area contributed by atoms with Crippen LogP contribution in [0.5, 0.6) is 0 Å². The first-order valence-corrected chi connectivity index (χ1v) is 13.9. The van der Waals surface area contributed by atoms with Gasteiger partial charge in [0.2, 0.25) is 0 Å². The number of benzene rings is 5. The lowest BCUT2D eigenvalue weighted by atomic mass is 9.95. The lowest BCUT2D eigenvalue weighted by Gasteiger charge is -2.23. The van der Waals surface area contributed by atoms with Gasteiger partial charge in [-0.05, 0) is 46.5 Å². The highest BCUT2D eigenvalue weighted by Gasteiger charge is 2.31. The van der Waals surface area contributed by atoms with Crippen molar-refractivity contribution in [1.29, 1.82) is 0 Å². The van der Waals surface area contributed by atoms with Crippen molar-refractivity contribution in [2.45, 2.75) is 24.9 Å². The number of para-hydroxylation sites is 2. The minimum absolute atomic E-state index is 0.170. The van der Waals surface area contributed by atoms with Crippen LogP contribution >= 0.6 is 0 Å². The van der Waals surface area contributed by atoms with Gasteiger partial charge < -0.3 is 0 Å². The van der Waals surface area contributed by atoms with Gasteiger partial charge in [-0.2, -0.15) is 10.2 Å². The smallest absolute Gasteiger partial charge is 0.0831 e. The topological polar surface area (TPSA) is 31.2 Å². The third-order valence-corrected chi connectivity index (χ3v) is 7.78. The zero-order valence-corrected chi connectivity index (χ0v) is 22.2. The lowest BCUT2D eigenvalue weighted by Crippen LogP contribution is -2.18. The molecule has 0 aromatic heterocycles. The first-order valence-electron chi connectivity index (χ1n) is 13.9. The van der Waals surface area contributed by atoms with E-state index < -0.39 is 0 Å². The van der Waals surface area contributed by atoms with E-state index in [1.54, 1.807) is 0 Å². The lowest BCUT2D eigenvalue weighted by molar-refractivity contribution is 0.709. The van der Waals surface area contributed by atoms with Crippen molar-refractivity contribution in [3.8, 4) is 0 Å². The Hall–Kier alpha value is -4.96. The molecule has 5 aromatic rings. The minimum Gasteiger partial charge on any atom is -0.257 e. The van der Waals surface area contributed by atoms with E-state index in [-0.39, 0.29) is 12.1 Å². The number of nitrogens with zero attached hydrogens (tertiary/aromatic N) is 4. The van der Waals surface area contributed by atoms with E-state index in [1.165, 1.54) is 11.1 Å². The van der Waals surface area contributed by atoms with Gasteiger partial charge in [0, 0.05) is 12.8 Å². The molecule has 0 N–H and O–H groups in total. The first-order chi connectivity index (χ1) is 19.8. The molecule has 2 aliphatic rings. The average molecular weight is 519 g/mol. The normalized spacial score (nSPS) is 18.5. The minimum atomic E-state index is 0.170. The van der Waals surface area contributed by atoms with Gasteiger partial charge in [-0.15, -0.1) is 0 Å². The van der Waals surface area contributed by atoms with Crippen LogP contribution in [0.3, 0.4) is 0 Å². The van der Waals surface area contributed by atoms with Crippen molar-refractivity contribution in [1.82, 2.24) is 0 Å². The van der Waals surface area contributed by atoms with E-state index in [0.29, 0.717) is 0 Å². The molecule has 0 spiro atoms. The summed E-state index contributed by atoms with van der Waals surface area (Å²) in [6.45, 7) is 0. The molecule has 0 saturated heterocycles. The van der Waals surface area contributed by atoms with Crippen molar-refractivity contribution < 1.29 is 0 Å². The van der Waals surface area contributed by atoms with Crippen molar-refractivity contribution in [3.05, 3.63) is 168 Å². The van der Waals surface area contributed by atoms with Crippen LogP contribution in [0.25, 0.3) is 0 Å². The molecule has 0 bridgehead atoms. The fourth-order valence-electron chi connectivity index (χ4n) is 5.73. The second-order valence-electron chi connectivity index (χ2n) is 10.3. The van der Waals surface area contributed by atoms with Crippen molar-refractivity contribution >= 4 is 22.8 Å². The molecule has 2 aliphatic heterocycles. The summed E-state index contributed by atoms with van der Waals surface area (Å²) in [6.07, 6.45) is 1.72. The fraction of sp³-hybridized carbons (Fsp3) is 0.111. The van der Waals surface area contributed by atoms with Crippen LogP contribution in [0.4, 0.5) is 11.4 Å². The van der Waals surface area contributed by atoms with Gasteiger partial charge in [0.1, 0.15) is 0 Å². The Balaban J connectivity index is 1.18. The number of hydrogen-bond donors (Lipinski definition) is 0. The molecule has 2 heterocycles. The van der Waals surface area contributed by atoms with E-state index in [2.05, 4.69) is 143 Å². The Labute approximate surface area is 235 Å². The van der Waals surface area contributed by atoms with Crippen LogP contribution in [0.15, 0.2) is 156 Å². The molecule has 194 valence electrons. The maximum Gasteiger partial charge on any atom is 0.0831 e. The van der Waals surface area contributed by atoms with E-state index in [4.69, 9.17) is 10.2 Å². The Kier molecular flexibility index (Phi) is 6.42. The van der Waals surface area contributed by atoms with Crippen LogP contribution < -0.4 is 10.0 Å². The predicted molar refractivity (Wildman–Crippen MR) is 165 cm³/mol. The zero-order chi connectivity index (χ0) is 26.7. The van der Waals surface area contributed by atoms with Crippen molar-refractivity contribution in [2.24, 2.45) is 10.2 Å². The number of rotatable bonds is 6. The molecular weight excluding hydrogens is 488 g/mol. The molecule has 40 heavy (non-hydrogen) atoms. The van der Waals surface area contributed by atoms with Gasteiger partial charge in [0.15, 0.2) is 0 Å². The first kappa shape index (κ1) is 24.1. The molecule has 7 rings (SSSR count). The third-order valence-electron chi connectivity index (χ3n) is 7.78. The predicted octanol–water partition coefficient (Wildman–Crippen LogP) is 8.40. The zero-order valence-electron chi connectivity index (χ0n) is 22.2. The molecule has 0 fully saturated rings. The highest BCUT2D eigenvalue weighted by atomic mass is 15.5. The SMILES string of the molecule is c1ccc([C@H]2CC(c3ccc(C4=NN(c5ccccc5)[C@@H](c5ccccc5)C4)cc3)=NN2c2ccccc2)cc1. The highest BCUT2D eigenvalue weighted by molar-refractivity contribution is 6.06. The van der Waals surface area contributed by atoms with Gasteiger partial charge in [-0.3, -0.25) is 10.0 Å². The molecule has 0 amide bonds.